The third kappa shape index (κ3) is 5.59. The monoisotopic (exact) mass is 116 g/mol. The van der Waals surface area contributed by atoms with Crippen LogP contribution in [0.25, 0.3) is 0 Å². The van der Waals surface area contributed by atoms with Crippen molar-refractivity contribution in [3.63, 3.8) is 0 Å². The van der Waals surface area contributed by atoms with E-state index in [-0.39, 0.29) is 6.61 Å². The molecule has 0 aliphatic rings. The summed E-state index contributed by atoms with van der Waals surface area (Å²) in [6.45, 7) is 1.43. The van der Waals surface area contributed by atoms with E-state index in [1.165, 1.54) is 0 Å². The third-order valence-corrected chi connectivity index (χ3v) is 0.645. The van der Waals surface area contributed by atoms with E-state index in [2.05, 4.69) is 4.99 Å². The fraction of sp³-hybridized carbons (Fsp3) is 0.800. The minimum Gasteiger partial charge on any atom is -0.396 e. The summed E-state index contributed by atoms with van der Waals surface area (Å²) in [7, 11) is 0. The summed E-state index contributed by atoms with van der Waals surface area (Å²) >= 11 is 0. The van der Waals surface area contributed by atoms with Gasteiger partial charge in [-0.2, -0.15) is 0 Å². The summed E-state index contributed by atoms with van der Waals surface area (Å²) < 4.78 is 0. The quantitative estimate of drug-likeness (QED) is 0.482. The highest BCUT2D eigenvalue weighted by atomic mass is 16.2. The average molecular weight is 116 g/mol. The zero-order valence-corrected chi connectivity index (χ0v) is 4.88. The van der Waals surface area contributed by atoms with Crippen molar-refractivity contribution >= 4 is 6.21 Å². The SMILES string of the molecule is NCCN=CCCO. The normalized spacial score (nSPS) is 10.8. The van der Waals surface area contributed by atoms with Crippen LogP contribution in [0.15, 0.2) is 4.99 Å². The zero-order chi connectivity index (χ0) is 6.24. The van der Waals surface area contributed by atoms with Crippen molar-refractivity contribution in [3.8, 4) is 0 Å². The average Bonchev–Trinajstić information content (AvgIpc) is 1.81. The summed E-state index contributed by atoms with van der Waals surface area (Å²) in [4.78, 5) is 3.87. The molecule has 0 heterocycles. The Hall–Kier alpha value is -0.410. The van der Waals surface area contributed by atoms with Crippen LogP contribution in [0, 0.1) is 0 Å². The van der Waals surface area contributed by atoms with Crippen LogP contribution in [-0.4, -0.2) is 31.0 Å². The van der Waals surface area contributed by atoms with Gasteiger partial charge in [0.05, 0.1) is 6.54 Å². The van der Waals surface area contributed by atoms with Crippen LogP contribution in [0.4, 0.5) is 0 Å². The number of hydrogen-bond acceptors (Lipinski definition) is 3. The Morgan fingerprint density at radius 2 is 2.38 bits per heavy atom. The Morgan fingerprint density at radius 3 is 2.88 bits per heavy atom. The molecule has 0 atom stereocenters. The van der Waals surface area contributed by atoms with E-state index < -0.39 is 0 Å². The molecular weight excluding hydrogens is 104 g/mol. The van der Waals surface area contributed by atoms with Gasteiger partial charge in [0.2, 0.25) is 0 Å². The Morgan fingerprint density at radius 1 is 1.62 bits per heavy atom. The molecule has 3 nitrogen and oxygen atoms in total. The van der Waals surface area contributed by atoms with Crippen molar-refractivity contribution < 1.29 is 5.11 Å². The summed E-state index contributed by atoms with van der Waals surface area (Å²) in [6, 6.07) is 0. The van der Waals surface area contributed by atoms with Gasteiger partial charge in [0, 0.05) is 25.8 Å². The number of nitrogens with two attached hydrogens (primary N) is 1. The van der Waals surface area contributed by atoms with Gasteiger partial charge in [-0.25, -0.2) is 0 Å². The lowest BCUT2D eigenvalue weighted by atomic mass is 10.5. The Bertz CT molecular complexity index is 55.4. The first kappa shape index (κ1) is 7.59. The minimum atomic E-state index is 0.175. The van der Waals surface area contributed by atoms with Crippen LogP contribution in [0.5, 0.6) is 0 Å². The topological polar surface area (TPSA) is 58.6 Å². The van der Waals surface area contributed by atoms with Crippen LogP contribution in [-0.2, 0) is 0 Å². The predicted octanol–water partition coefficient (Wildman–Crippen LogP) is -0.602. The molecule has 0 saturated heterocycles. The van der Waals surface area contributed by atoms with Crippen molar-refractivity contribution in [2.24, 2.45) is 10.7 Å². The summed E-state index contributed by atoms with van der Waals surface area (Å²) in [5, 5.41) is 8.24. The van der Waals surface area contributed by atoms with Crippen molar-refractivity contribution in [1.29, 1.82) is 0 Å². The number of hydrogen-bond donors (Lipinski definition) is 2. The van der Waals surface area contributed by atoms with E-state index in [4.69, 9.17) is 10.8 Å². The molecule has 8 heavy (non-hydrogen) atoms. The molecule has 48 valence electrons. The molecule has 0 fully saturated rings. The number of rotatable bonds is 4. The standard InChI is InChI=1S/C5H12N2O/c6-2-4-7-3-1-5-8/h3,8H,1-2,4-6H2. The molecule has 0 unspecified atom stereocenters. The van der Waals surface area contributed by atoms with E-state index in [9.17, 15) is 0 Å². The number of aliphatic imine (C=N–C) groups is 1. The van der Waals surface area contributed by atoms with E-state index in [0.717, 1.165) is 0 Å². The van der Waals surface area contributed by atoms with Crippen LogP contribution < -0.4 is 5.73 Å². The van der Waals surface area contributed by atoms with Gasteiger partial charge in [-0.3, -0.25) is 4.99 Å². The van der Waals surface area contributed by atoms with Gasteiger partial charge in [0.15, 0.2) is 0 Å². The van der Waals surface area contributed by atoms with Gasteiger partial charge in [-0.1, -0.05) is 0 Å². The van der Waals surface area contributed by atoms with Crippen molar-refractivity contribution in [1.82, 2.24) is 0 Å². The van der Waals surface area contributed by atoms with Crippen LogP contribution >= 0.6 is 0 Å². The van der Waals surface area contributed by atoms with E-state index >= 15 is 0 Å². The number of aliphatic hydroxyl groups is 1. The lowest BCUT2D eigenvalue weighted by molar-refractivity contribution is 0.308. The number of nitrogens with zero attached hydrogens (tertiary/aromatic N) is 1. The molecule has 0 rings (SSSR count). The molecule has 0 saturated carbocycles. The van der Waals surface area contributed by atoms with Gasteiger partial charge in [-0.05, 0) is 0 Å². The lowest BCUT2D eigenvalue weighted by Crippen LogP contribution is -2.02. The molecule has 3 heteroatoms. The van der Waals surface area contributed by atoms with E-state index in [1.54, 1.807) is 6.21 Å². The van der Waals surface area contributed by atoms with Crippen LogP contribution in [0.2, 0.25) is 0 Å². The molecule has 0 aromatic heterocycles. The lowest BCUT2D eigenvalue weighted by Gasteiger charge is -1.84. The van der Waals surface area contributed by atoms with Crippen molar-refractivity contribution in [2.45, 2.75) is 6.42 Å². The van der Waals surface area contributed by atoms with Crippen molar-refractivity contribution in [3.05, 3.63) is 0 Å². The first-order valence-electron chi connectivity index (χ1n) is 2.71. The van der Waals surface area contributed by atoms with E-state index in [1.807, 2.05) is 0 Å². The predicted molar refractivity (Wildman–Crippen MR) is 34.1 cm³/mol. The maximum absolute atomic E-state index is 8.24. The highest BCUT2D eigenvalue weighted by molar-refractivity contribution is 5.57. The molecule has 0 bridgehead atoms. The van der Waals surface area contributed by atoms with Crippen molar-refractivity contribution in [2.75, 3.05) is 19.7 Å². The molecule has 0 aromatic carbocycles. The van der Waals surface area contributed by atoms with Gasteiger partial charge < -0.3 is 10.8 Å². The van der Waals surface area contributed by atoms with Gasteiger partial charge in [-0.15, -0.1) is 0 Å². The molecule has 0 amide bonds. The maximum Gasteiger partial charge on any atom is 0.0508 e. The minimum absolute atomic E-state index is 0.175. The first-order valence-corrected chi connectivity index (χ1v) is 2.71. The number of aliphatic hydroxyl groups excluding tert-OH is 1. The smallest absolute Gasteiger partial charge is 0.0508 e. The Kier molecular flexibility index (Phi) is 6.25. The zero-order valence-electron chi connectivity index (χ0n) is 4.88. The molecule has 0 aliphatic carbocycles. The molecule has 0 radical (unpaired) electrons. The van der Waals surface area contributed by atoms with E-state index in [0.29, 0.717) is 19.5 Å². The maximum atomic E-state index is 8.24. The fourth-order valence-electron chi connectivity index (χ4n) is 0.315. The molecule has 0 aliphatic heterocycles. The highest BCUT2D eigenvalue weighted by Crippen LogP contribution is 1.69. The van der Waals surface area contributed by atoms with Crippen LogP contribution in [0.3, 0.4) is 0 Å². The Balaban J connectivity index is 2.83. The highest BCUT2D eigenvalue weighted by Gasteiger charge is 1.73. The first-order chi connectivity index (χ1) is 3.91. The Labute approximate surface area is 49.2 Å². The second-order valence-corrected chi connectivity index (χ2v) is 1.39. The van der Waals surface area contributed by atoms with Gasteiger partial charge in [0.25, 0.3) is 0 Å². The summed E-state index contributed by atoms with van der Waals surface area (Å²) in [6.07, 6.45) is 2.33. The molecule has 0 spiro atoms. The fourth-order valence-corrected chi connectivity index (χ4v) is 0.315. The second-order valence-electron chi connectivity index (χ2n) is 1.39. The molecule has 3 N–H and O–H groups in total. The second kappa shape index (κ2) is 6.59. The summed E-state index contributed by atoms with van der Waals surface area (Å²) in [5.41, 5.74) is 5.13. The third-order valence-electron chi connectivity index (χ3n) is 0.645. The molecular formula is C5H12N2O. The largest absolute Gasteiger partial charge is 0.396 e. The van der Waals surface area contributed by atoms with Gasteiger partial charge >= 0.3 is 0 Å². The molecule has 0 aromatic rings. The summed E-state index contributed by atoms with van der Waals surface area (Å²) in [5.74, 6) is 0. The van der Waals surface area contributed by atoms with Crippen LogP contribution in [0.1, 0.15) is 6.42 Å². The van der Waals surface area contributed by atoms with Gasteiger partial charge in [0.1, 0.15) is 0 Å².